The van der Waals surface area contributed by atoms with Crippen molar-refractivity contribution in [1.29, 1.82) is 0 Å². The Labute approximate surface area is 414 Å². The van der Waals surface area contributed by atoms with E-state index in [-0.39, 0.29) is 35.4 Å². The number of likely N-dealkylation sites (N-methyl/N-ethyl adjacent to an activating group) is 2. The molecule has 16 nitrogen and oxygen atoms in total. The summed E-state index contributed by atoms with van der Waals surface area (Å²) in [6, 6.07) is 30.0. The minimum atomic E-state index is -0.650. The third-order valence-corrected chi connectivity index (χ3v) is 14.4. The van der Waals surface area contributed by atoms with Crippen molar-refractivity contribution in [3.05, 3.63) is 127 Å². The van der Waals surface area contributed by atoms with Crippen LogP contribution in [0.4, 0.5) is 11.4 Å². The minimum Gasteiger partial charge on any atom is -0.436 e. The highest BCUT2D eigenvalue weighted by molar-refractivity contribution is 6.00. The molecule has 4 aliphatic heterocycles. The van der Waals surface area contributed by atoms with Crippen LogP contribution < -0.4 is 10.6 Å². The molecule has 1 aromatic heterocycles. The molecule has 5 aromatic rings. The van der Waals surface area contributed by atoms with E-state index in [9.17, 15) is 28.8 Å². The number of amides is 6. The van der Waals surface area contributed by atoms with E-state index >= 15 is 0 Å². The summed E-state index contributed by atoms with van der Waals surface area (Å²) in [6.45, 7) is 1.89. The lowest BCUT2D eigenvalue weighted by Crippen LogP contribution is -2.53. The second-order valence-corrected chi connectivity index (χ2v) is 19.5. The number of carbonyl (C=O) groups excluding carboxylic acids is 6. The summed E-state index contributed by atoms with van der Waals surface area (Å²) in [5, 5.41) is 6.00. The zero-order chi connectivity index (χ0) is 49.8. The number of aromatic nitrogens is 1. The Morgan fingerprint density at radius 3 is 1.30 bits per heavy atom. The smallest absolute Gasteiger partial charge is 0.247 e. The van der Waals surface area contributed by atoms with Crippen molar-refractivity contribution < 1.29 is 33.2 Å². The van der Waals surface area contributed by atoms with Gasteiger partial charge < -0.3 is 34.7 Å². The zero-order valence-electron chi connectivity index (χ0n) is 40.9. The number of carbonyl (C=O) groups is 6. The number of benzene rings is 4. The van der Waals surface area contributed by atoms with Crippen molar-refractivity contribution in [3.8, 4) is 22.8 Å². The van der Waals surface area contributed by atoms with Crippen LogP contribution in [-0.4, -0.2) is 148 Å². The molecule has 16 heteroatoms. The summed E-state index contributed by atoms with van der Waals surface area (Å²) in [5.41, 5.74) is 4.32. The highest BCUT2D eigenvalue weighted by Crippen LogP contribution is 2.33. The van der Waals surface area contributed by atoms with Crippen LogP contribution >= 0.6 is 0 Å². The molecular formula is C55H63N9O7. The average molecular weight is 962 g/mol. The van der Waals surface area contributed by atoms with E-state index in [1.54, 1.807) is 50.1 Å². The Bertz CT molecular complexity index is 2530. The molecule has 2 unspecified atom stereocenters. The van der Waals surface area contributed by atoms with Crippen LogP contribution in [0.1, 0.15) is 74.6 Å². The van der Waals surface area contributed by atoms with E-state index < -0.39 is 36.3 Å². The van der Waals surface area contributed by atoms with Gasteiger partial charge in [-0.1, -0.05) is 60.7 Å². The highest BCUT2D eigenvalue weighted by Gasteiger charge is 2.46. The molecule has 4 aromatic carbocycles. The van der Waals surface area contributed by atoms with Gasteiger partial charge in [-0.2, -0.15) is 0 Å². The topological polar surface area (TPSA) is 172 Å². The number of hydrogen-bond acceptors (Lipinski definition) is 10. The van der Waals surface area contributed by atoms with E-state index in [2.05, 4.69) is 15.6 Å². The van der Waals surface area contributed by atoms with Gasteiger partial charge in [-0.3, -0.25) is 38.6 Å². The summed E-state index contributed by atoms with van der Waals surface area (Å²) in [4.78, 5) is 98.6. The molecule has 9 rings (SSSR count). The quantitative estimate of drug-likeness (QED) is 0.126. The van der Waals surface area contributed by atoms with Crippen LogP contribution in [0.5, 0.6) is 0 Å². The van der Waals surface area contributed by atoms with Gasteiger partial charge in [0.2, 0.25) is 41.3 Å². The lowest BCUT2D eigenvalue weighted by Gasteiger charge is -2.34. The molecule has 0 aliphatic carbocycles. The Balaban J connectivity index is 0.783. The monoisotopic (exact) mass is 961 g/mol. The maximum absolute atomic E-state index is 14.1. The highest BCUT2D eigenvalue weighted by atomic mass is 16.4. The number of likely N-dealkylation sites (tertiary alicyclic amines) is 4. The standard InChI is InChI=1S/C55H63N9O7/c1-59(2)47(37-15-7-5-8-16-37)54(69)63-33-13-21-44(63)52(67)61-31-11-19-42(61)49(65)57-40-27-23-36(24-28-40)46-35-56-51(71-46)39-25-29-41(30-26-39)58-50(66)43-20-12-32-62(43)53(68)45-22-14-34-64(45)55(70)48(60(3)4)38-17-9-6-10-18-38/h5-10,15-18,23-30,35,42-45,47-48H,11-14,19-22,31-34H2,1-4H3,(H,57,65)(H,58,66)/t42?,43?,44-,45-,47+,48+/m0/s1. The number of nitrogens with one attached hydrogen (secondary N) is 2. The first-order valence-corrected chi connectivity index (χ1v) is 24.8. The van der Waals surface area contributed by atoms with Crippen molar-refractivity contribution in [3.63, 3.8) is 0 Å². The van der Waals surface area contributed by atoms with Gasteiger partial charge in [0.25, 0.3) is 0 Å². The Hall–Kier alpha value is -7.17. The number of anilines is 2. The minimum absolute atomic E-state index is 0.112. The van der Waals surface area contributed by atoms with Crippen LogP contribution in [0.2, 0.25) is 0 Å². The van der Waals surface area contributed by atoms with Crippen molar-refractivity contribution in [2.24, 2.45) is 0 Å². The summed E-state index contributed by atoms with van der Waals surface area (Å²) in [5.74, 6) is -0.229. The van der Waals surface area contributed by atoms with Crippen molar-refractivity contribution in [1.82, 2.24) is 34.4 Å². The van der Waals surface area contributed by atoms with Gasteiger partial charge in [-0.15, -0.1) is 0 Å². The third kappa shape index (κ3) is 10.4. The van der Waals surface area contributed by atoms with Crippen molar-refractivity contribution in [2.45, 2.75) is 87.6 Å². The molecule has 0 radical (unpaired) electrons. The SMILES string of the molecule is CN(C)[C@@H](C(=O)N1CCC[C@H]1C(=O)N1CCCC1C(=O)Nc1ccc(-c2cnc(-c3ccc(NC(=O)C4CCCN4C(=O)[C@@H]4CCCN4C(=O)[C@@H](c4ccccc4)N(C)C)cc3)o2)cc1)c1ccccc1. The van der Waals surface area contributed by atoms with Gasteiger partial charge in [0.05, 0.1) is 6.20 Å². The lowest BCUT2D eigenvalue weighted by atomic mass is 10.0. The molecule has 4 fully saturated rings. The first-order valence-electron chi connectivity index (χ1n) is 24.8. The summed E-state index contributed by atoms with van der Waals surface area (Å²) in [7, 11) is 7.47. The molecule has 71 heavy (non-hydrogen) atoms. The van der Waals surface area contributed by atoms with Gasteiger partial charge >= 0.3 is 0 Å². The fourth-order valence-electron chi connectivity index (χ4n) is 10.9. The van der Waals surface area contributed by atoms with Gasteiger partial charge in [-0.25, -0.2) is 4.98 Å². The lowest BCUT2D eigenvalue weighted by molar-refractivity contribution is -0.148. The molecule has 4 aliphatic rings. The summed E-state index contributed by atoms with van der Waals surface area (Å²) in [6.07, 6.45) is 6.64. The number of oxazole rings is 1. The Kier molecular flexibility index (Phi) is 14.8. The van der Waals surface area contributed by atoms with Crippen molar-refractivity contribution in [2.75, 3.05) is 65.0 Å². The molecule has 0 spiro atoms. The molecule has 2 N–H and O–H groups in total. The Morgan fingerprint density at radius 2 is 0.887 bits per heavy atom. The van der Waals surface area contributed by atoms with E-state index in [1.807, 2.05) is 123 Å². The number of hydrogen-bond donors (Lipinski definition) is 2. The number of nitrogens with zero attached hydrogens (tertiary/aromatic N) is 7. The van der Waals surface area contributed by atoms with E-state index in [1.165, 1.54) is 0 Å². The average Bonchev–Trinajstić information content (AvgIpc) is 4.25. The largest absolute Gasteiger partial charge is 0.436 e. The summed E-state index contributed by atoms with van der Waals surface area (Å²) >= 11 is 0. The molecule has 370 valence electrons. The normalized spacial score (nSPS) is 20.9. The molecule has 4 saturated heterocycles. The van der Waals surface area contributed by atoms with Crippen LogP contribution in [0.3, 0.4) is 0 Å². The molecule has 5 heterocycles. The molecule has 6 atom stereocenters. The zero-order valence-corrected chi connectivity index (χ0v) is 40.9. The second kappa shape index (κ2) is 21.4. The maximum Gasteiger partial charge on any atom is 0.247 e. The third-order valence-electron chi connectivity index (χ3n) is 14.4. The maximum atomic E-state index is 14.1. The fraction of sp³-hybridized carbons (Fsp3) is 0.400. The van der Waals surface area contributed by atoms with Gasteiger partial charge in [0.1, 0.15) is 36.3 Å². The molecular weight excluding hydrogens is 899 g/mol. The van der Waals surface area contributed by atoms with Crippen molar-refractivity contribution >= 4 is 46.8 Å². The van der Waals surface area contributed by atoms with Crippen LogP contribution in [0, 0.1) is 0 Å². The first kappa shape index (κ1) is 48.8. The van der Waals surface area contributed by atoms with E-state index in [4.69, 9.17) is 4.42 Å². The van der Waals surface area contributed by atoms with E-state index in [0.717, 1.165) is 29.5 Å². The van der Waals surface area contributed by atoms with Crippen LogP contribution in [-0.2, 0) is 28.8 Å². The Morgan fingerprint density at radius 1 is 0.507 bits per heavy atom. The summed E-state index contributed by atoms with van der Waals surface area (Å²) < 4.78 is 6.16. The van der Waals surface area contributed by atoms with Gasteiger partial charge in [0, 0.05) is 48.7 Å². The van der Waals surface area contributed by atoms with Crippen LogP contribution in [0.25, 0.3) is 22.8 Å². The van der Waals surface area contributed by atoms with Gasteiger partial charge in [0.15, 0.2) is 5.76 Å². The fourth-order valence-corrected chi connectivity index (χ4v) is 10.9. The first-order chi connectivity index (χ1) is 34.4. The van der Waals surface area contributed by atoms with E-state index in [0.29, 0.717) is 93.3 Å². The molecule has 0 bridgehead atoms. The molecule has 0 saturated carbocycles. The predicted molar refractivity (Wildman–Crippen MR) is 269 cm³/mol. The molecule has 6 amide bonds. The van der Waals surface area contributed by atoms with Crippen LogP contribution in [0.15, 0.2) is 120 Å². The second-order valence-electron chi connectivity index (χ2n) is 19.5. The number of rotatable bonds is 14. The predicted octanol–water partition coefficient (Wildman–Crippen LogP) is 6.46. The van der Waals surface area contributed by atoms with Gasteiger partial charge in [-0.05, 0) is 139 Å².